The van der Waals surface area contributed by atoms with Gasteiger partial charge in [0.1, 0.15) is 5.82 Å². The van der Waals surface area contributed by atoms with Gasteiger partial charge in [-0.15, -0.1) is 0 Å². The predicted molar refractivity (Wildman–Crippen MR) is 144 cm³/mol. The Bertz CT molecular complexity index is 1330. The molecule has 2 aromatic carbocycles. The molecule has 216 valence electrons. The molecule has 2 atom stereocenters. The lowest BCUT2D eigenvalue weighted by Crippen LogP contribution is -2.27. The number of hydrogen-bond donors (Lipinski definition) is 3. The Morgan fingerprint density at radius 3 is 2.33 bits per heavy atom. The van der Waals surface area contributed by atoms with Crippen molar-refractivity contribution in [3.8, 4) is 11.4 Å². The molecular formula is C29H35F2N3O6. The number of carbonyl (C=O) groups excluding carboxylic acids is 1. The van der Waals surface area contributed by atoms with Gasteiger partial charge in [-0.25, -0.2) is 13.5 Å². The third kappa shape index (κ3) is 7.64. The zero-order valence-electron chi connectivity index (χ0n) is 23.0. The van der Waals surface area contributed by atoms with Gasteiger partial charge in [-0.05, 0) is 67.1 Å². The molecule has 0 radical (unpaired) electrons. The minimum absolute atomic E-state index is 0.0974. The number of aliphatic hydroxyl groups is 2. The highest BCUT2D eigenvalue weighted by molar-refractivity contribution is 5.94. The van der Waals surface area contributed by atoms with Crippen LogP contribution in [-0.4, -0.2) is 68.2 Å². The van der Waals surface area contributed by atoms with Crippen molar-refractivity contribution in [2.24, 2.45) is 0 Å². The lowest BCUT2D eigenvalue weighted by atomic mass is 9.95. The standard InChI is InChI=1S/C29H35F2N3O6/c1-17(2)27-24(11-10-21(35)14-22(36)15-26(37)38)34(20-8-6-19(30)7-9-20)32-28(27)29(39)33(3)16-18-5-12-25(40-4)23(31)13-18/h5-9,12-13,17,21-22,35-36H,10-11,14-16H2,1-4H3,(H,37,38). The molecule has 3 aromatic rings. The molecule has 0 spiro atoms. The Morgan fingerprint density at radius 2 is 1.75 bits per heavy atom. The summed E-state index contributed by atoms with van der Waals surface area (Å²) in [7, 11) is 2.95. The van der Waals surface area contributed by atoms with E-state index >= 15 is 0 Å². The average molecular weight is 560 g/mol. The monoisotopic (exact) mass is 559 g/mol. The number of aliphatic carboxylic acids is 1. The largest absolute Gasteiger partial charge is 0.494 e. The van der Waals surface area contributed by atoms with Crippen LogP contribution in [0.25, 0.3) is 5.69 Å². The molecule has 2 unspecified atom stereocenters. The van der Waals surface area contributed by atoms with E-state index in [4.69, 9.17) is 9.84 Å². The number of benzene rings is 2. The number of rotatable bonds is 13. The zero-order valence-corrected chi connectivity index (χ0v) is 23.0. The van der Waals surface area contributed by atoms with Gasteiger partial charge in [-0.2, -0.15) is 5.10 Å². The summed E-state index contributed by atoms with van der Waals surface area (Å²) in [5, 5.41) is 33.9. The smallest absolute Gasteiger partial charge is 0.305 e. The number of amides is 1. The highest BCUT2D eigenvalue weighted by Crippen LogP contribution is 2.29. The highest BCUT2D eigenvalue weighted by atomic mass is 19.1. The number of hydrogen-bond acceptors (Lipinski definition) is 6. The van der Waals surface area contributed by atoms with Gasteiger partial charge in [0.25, 0.3) is 5.91 Å². The van der Waals surface area contributed by atoms with E-state index < -0.39 is 42.1 Å². The molecule has 11 heteroatoms. The maximum Gasteiger partial charge on any atom is 0.305 e. The van der Waals surface area contributed by atoms with Crippen LogP contribution in [0.1, 0.15) is 66.3 Å². The zero-order chi connectivity index (χ0) is 29.6. The molecule has 1 heterocycles. The number of methoxy groups -OCH3 is 1. The van der Waals surface area contributed by atoms with Gasteiger partial charge in [0.05, 0.1) is 31.4 Å². The van der Waals surface area contributed by atoms with Gasteiger partial charge in [0, 0.05) is 24.8 Å². The number of nitrogens with zero attached hydrogens (tertiary/aromatic N) is 3. The Kier molecular flexibility index (Phi) is 10.4. The summed E-state index contributed by atoms with van der Waals surface area (Å²) in [5.74, 6) is -2.61. The second-order valence-corrected chi connectivity index (χ2v) is 10.1. The van der Waals surface area contributed by atoms with E-state index in [1.165, 1.54) is 48.4 Å². The Labute approximate surface area is 231 Å². The molecule has 0 aliphatic heterocycles. The lowest BCUT2D eigenvalue weighted by molar-refractivity contribution is -0.139. The Balaban J connectivity index is 1.95. The Hall–Kier alpha value is -3.83. The van der Waals surface area contributed by atoms with Crippen LogP contribution in [0.3, 0.4) is 0 Å². The van der Waals surface area contributed by atoms with Crippen LogP contribution in [-0.2, 0) is 17.8 Å². The van der Waals surface area contributed by atoms with Crippen LogP contribution in [0.15, 0.2) is 42.5 Å². The molecule has 3 N–H and O–H groups in total. The third-order valence-corrected chi connectivity index (χ3v) is 6.52. The topological polar surface area (TPSA) is 125 Å². The van der Waals surface area contributed by atoms with E-state index in [2.05, 4.69) is 5.10 Å². The summed E-state index contributed by atoms with van der Waals surface area (Å²) in [6.07, 6.45) is -2.39. The van der Waals surface area contributed by atoms with Crippen LogP contribution in [0.4, 0.5) is 8.78 Å². The van der Waals surface area contributed by atoms with Crippen molar-refractivity contribution in [1.29, 1.82) is 0 Å². The van der Waals surface area contributed by atoms with Gasteiger partial charge in [-0.1, -0.05) is 19.9 Å². The van der Waals surface area contributed by atoms with E-state index in [9.17, 15) is 28.6 Å². The van der Waals surface area contributed by atoms with E-state index in [0.29, 0.717) is 22.5 Å². The minimum Gasteiger partial charge on any atom is -0.494 e. The number of carboxylic acids is 1. The normalized spacial score (nSPS) is 12.8. The molecule has 1 amide bonds. The number of aliphatic hydroxyl groups excluding tert-OH is 2. The van der Waals surface area contributed by atoms with E-state index in [1.807, 2.05) is 13.8 Å². The second-order valence-electron chi connectivity index (χ2n) is 10.1. The first-order chi connectivity index (χ1) is 18.9. The molecule has 0 saturated carbocycles. The van der Waals surface area contributed by atoms with E-state index in [-0.39, 0.29) is 43.2 Å². The van der Waals surface area contributed by atoms with Crippen molar-refractivity contribution in [3.05, 3.63) is 76.6 Å². The quantitative estimate of drug-likeness (QED) is 0.288. The van der Waals surface area contributed by atoms with Gasteiger partial charge < -0.3 is 25.0 Å². The third-order valence-electron chi connectivity index (χ3n) is 6.52. The lowest BCUT2D eigenvalue weighted by Gasteiger charge is -2.19. The molecule has 0 fully saturated rings. The molecule has 0 aliphatic carbocycles. The van der Waals surface area contributed by atoms with E-state index in [0.717, 1.165) is 0 Å². The van der Waals surface area contributed by atoms with Crippen molar-refractivity contribution in [2.75, 3.05) is 14.2 Å². The van der Waals surface area contributed by atoms with Crippen LogP contribution in [0, 0.1) is 11.6 Å². The number of carboxylic acid groups (broad SMARTS) is 1. The summed E-state index contributed by atoms with van der Waals surface area (Å²) < 4.78 is 34.4. The highest BCUT2D eigenvalue weighted by Gasteiger charge is 2.28. The van der Waals surface area contributed by atoms with Crippen LogP contribution >= 0.6 is 0 Å². The first-order valence-electron chi connectivity index (χ1n) is 12.9. The van der Waals surface area contributed by atoms with Crippen molar-refractivity contribution in [3.63, 3.8) is 0 Å². The molecule has 40 heavy (non-hydrogen) atoms. The van der Waals surface area contributed by atoms with Crippen LogP contribution in [0.2, 0.25) is 0 Å². The summed E-state index contributed by atoms with van der Waals surface area (Å²) in [6, 6.07) is 10.1. The van der Waals surface area contributed by atoms with Gasteiger partial charge in [0.2, 0.25) is 0 Å². The average Bonchev–Trinajstić information content (AvgIpc) is 3.26. The SMILES string of the molecule is COc1ccc(CN(C)C(=O)c2nn(-c3ccc(F)cc3)c(CCC(O)CC(O)CC(=O)O)c2C(C)C)cc1F. The van der Waals surface area contributed by atoms with Crippen molar-refractivity contribution in [1.82, 2.24) is 14.7 Å². The number of aromatic nitrogens is 2. The van der Waals surface area contributed by atoms with Gasteiger partial charge in [0.15, 0.2) is 17.3 Å². The first-order valence-corrected chi connectivity index (χ1v) is 12.9. The van der Waals surface area contributed by atoms with Crippen LogP contribution in [0.5, 0.6) is 5.75 Å². The fraction of sp³-hybridized carbons (Fsp3) is 0.414. The van der Waals surface area contributed by atoms with Crippen molar-refractivity contribution >= 4 is 11.9 Å². The molecule has 0 aliphatic rings. The molecule has 9 nitrogen and oxygen atoms in total. The minimum atomic E-state index is -1.20. The first kappa shape index (κ1) is 30.7. The molecule has 0 bridgehead atoms. The molecule has 1 aromatic heterocycles. The number of halogens is 2. The van der Waals surface area contributed by atoms with Gasteiger partial charge in [-0.3, -0.25) is 9.59 Å². The molecule has 0 saturated heterocycles. The van der Waals surface area contributed by atoms with Crippen molar-refractivity contribution in [2.45, 2.75) is 64.2 Å². The number of ether oxygens (including phenoxy) is 1. The molecule has 3 rings (SSSR count). The second kappa shape index (κ2) is 13.5. The maximum atomic E-state index is 14.2. The fourth-order valence-electron chi connectivity index (χ4n) is 4.62. The summed E-state index contributed by atoms with van der Waals surface area (Å²) in [6.45, 7) is 3.91. The van der Waals surface area contributed by atoms with E-state index in [1.54, 1.807) is 17.8 Å². The van der Waals surface area contributed by atoms with Crippen LogP contribution < -0.4 is 4.74 Å². The van der Waals surface area contributed by atoms with Crippen molar-refractivity contribution < 1.29 is 38.4 Å². The summed E-state index contributed by atoms with van der Waals surface area (Å²) in [4.78, 5) is 25.9. The summed E-state index contributed by atoms with van der Waals surface area (Å²) >= 11 is 0. The summed E-state index contributed by atoms with van der Waals surface area (Å²) in [5.41, 5.74) is 2.51. The molecular weight excluding hydrogens is 524 g/mol. The Morgan fingerprint density at radius 1 is 1.07 bits per heavy atom. The van der Waals surface area contributed by atoms with Gasteiger partial charge >= 0.3 is 5.97 Å². The fourth-order valence-corrected chi connectivity index (χ4v) is 4.62. The maximum absolute atomic E-state index is 14.2. The predicted octanol–water partition coefficient (Wildman–Crippen LogP) is 4.07. The number of carbonyl (C=O) groups is 2.